The fraction of sp³-hybridized carbons (Fsp3) is 0.789. The standard InChI is InChI=1S/C19H31N3O3/c1-4-18(2,3)21-17(23)19(6-8-20-9-7-19)12-15-11-16(22-25-15)14-5-10-24-13-14/h11,14,20H,4-10,12-13H2,1-3H3,(H,21,23)/t14-/m1/s1. The summed E-state index contributed by atoms with van der Waals surface area (Å²) in [7, 11) is 0. The summed E-state index contributed by atoms with van der Waals surface area (Å²) in [6.07, 6.45) is 4.15. The van der Waals surface area contributed by atoms with Gasteiger partial charge in [-0.25, -0.2) is 0 Å². The van der Waals surface area contributed by atoms with Gasteiger partial charge in [0.05, 0.1) is 17.7 Å². The fourth-order valence-corrected chi connectivity index (χ4v) is 3.62. The van der Waals surface area contributed by atoms with Crippen molar-refractivity contribution in [3.05, 3.63) is 17.5 Å². The van der Waals surface area contributed by atoms with Gasteiger partial charge in [-0.05, 0) is 52.6 Å². The molecule has 2 aliphatic rings. The van der Waals surface area contributed by atoms with Crippen molar-refractivity contribution in [2.75, 3.05) is 26.3 Å². The van der Waals surface area contributed by atoms with Crippen LogP contribution in [0.25, 0.3) is 0 Å². The van der Waals surface area contributed by atoms with Crippen LogP contribution in [0.4, 0.5) is 0 Å². The maximum atomic E-state index is 13.1. The largest absolute Gasteiger partial charge is 0.381 e. The van der Waals surface area contributed by atoms with Gasteiger partial charge in [-0.15, -0.1) is 0 Å². The smallest absolute Gasteiger partial charge is 0.227 e. The van der Waals surface area contributed by atoms with Crippen molar-refractivity contribution in [1.29, 1.82) is 0 Å². The van der Waals surface area contributed by atoms with Gasteiger partial charge in [-0.1, -0.05) is 12.1 Å². The molecule has 0 radical (unpaired) electrons. The zero-order chi connectivity index (χ0) is 17.9. The molecule has 2 fully saturated rings. The molecular weight excluding hydrogens is 318 g/mol. The van der Waals surface area contributed by atoms with E-state index < -0.39 is 5.41 Å². The molecule has 0 unspecified atom stereocenters. The number of hydrogen-bond acceptors (Lipinski definition) is 5. The Labute approximate surface area is 150 Å². The first-order valence-electron chi connectivity index (χ1n) is 9.51. The van der Waals surface area contributed by atoms with Gasteiger partial charge in [0.1, 0.15) is 5.76 Å². The van der Waals surface area contributed by atoms with Crippen molar-refractivity contribution >= 4 is 5.91 Å². The number of carbonyl (C=O) groups is 1. The second-order valence-electron chi connectivity index (χ2n) is 8.18. The van der Waals surface area contributed by atoms with Crippen LogP contribution in [0.1, 0.15) is 63.8 Å². The summed E-state index contributed by atoms with van der Waals surface area (Å²) in [5, 5.41) is 10.9. The first-order chi connectivity index (χ1) is 11.9. The first kappa shape index (κ1) is 18.4. The number of amides is 1. The highest BCUT2D eigenvalue weighted by molar-refractivity contribution is 5.83. The topological polar surface area (TPSA) is 76.4 Å². The molecule has 1 aromatic rings. The van der Waals surface area contributed by atoms with Gasteiger partial charge >= 0.3 is 0 Å². The van der Waals surface area contributed by atoms with Gasteiger partial charge in [0.2, 0.25) is 5.91 Å². The summed E-state index contributed by atoms with van der Waals surface area (Å²) in [5.74, 6) is 1.28. The number of nitrogens with one attached hydrogen (secondary N) is 2. The number of piperidine rings is 1. The molecule has 6 heteroatoms. The minimum Gasteiger partial charge on any atom is -0.381 e. The Morgan fingerprint density at radius 3 is 2.84 bits per heavy atom. The van der Waals surface area contributed by atoms with Crippen LogP contribution in [0, 0.1) is 5.41 Å². The van der Waals surface area contributed by atoms with Crippen LogP contribution in [0.5, 0.6) is 0 Å². The lowest BCUT2D eigenvalue weighted by Gasteiger charge is -2.38. The normalized spacial score (nSPS) is 23.6. The summed E-state index contributed by atoms with van der Waals surface area (Å²) < 4.78 is 11.0. The lowest BCUT2D eigenvalue weighted by atomic mass is 9.74. The van der Waals surface area contributed by atoms with E-state index in [9.17, 15) is 4.79 Å². The number of aromatic nitrogens is 1. The number of rotatable bonds is 6. The van der Waals surface area contributed by atoms with Crippen LogP contribution in [0.2, 0.25) is 0 Å². The minimum absolute atomic E-state index is 0.142. The maximum Gasteiger partial charge on any atom is 0.227 e. The van der Waals surface area contributed by atoms with Crippen molar-refractivity contribution < 1.29 is 14.1 Å². The summed E-state index contributed by atoms with van der Waals surface area (Å²) in [6.45, 7) is 9.47. The maximum absolute atomic E-state index is 13.1. The molecule has 140 valence electrons. The van der Waals surface area contributed by atoms with Crippen molar-refractivity contribution in [2.45, 2.75) is 64.3 Å². The van der Waals surface area contributed by atoms with Crippen molar-refractivity contribution in [2.24, 2.45) is 5.41 Å². The molecule has 25 heavy (non-hydrogen) atoms. The van der Waals surface area contributed by atoms with Crippen LogP contribution < -0.4 is 10.6 Å². The molecule has 0 bridgehead atoms. The molecule has 0 aromatic carbocycles. The number of ether oxygens (including phenoxy) is 1. The zero-order valence-corrected chi connectivity index (χ0v) is 15.7. The van der Waals surface area contributed by atoms with Crippen LogP contribution in [-0.2, 0) is 16.0 Å². The van der Waals surface area contributed by atoms with E-state index >= 15 is 0 Å². The lowest BCUT2D eigenvalue weighted by molar-refractivity contribution is -0.134. The minimum atomic E-state index is -0.416. The summed E-state index contributed by atoms with van der Waals surface area (Å²) in [6, 6.07) is 2.03. The summed E-state index contributed by atoms with van der Waals surface area (Å²) in [5.41, 5.74) is 0.356. The SMILES string of the molecule is CCC(C)(C)NC(=O)C1(Cc2cc([C@@H]3CCOC3)no2)CCNCC1. The Balaban J connectivity index is 1.75. The summed E-state index contributed by atoms with van der Waals surface area (Å²) in [4.78, 5) is 13.1. The predicted molar refractivity (Wildman–Crippen MR) is 95.4 cm³/mol. The highest BCUT2D eigenvalue weighted by atomic mass is 16.5. The first-order valence-corrected chi connectivity index (χ1v) is 9.51. The molecule has 6 nitrogen and oxygen atoms in total. The Hall–Kier alpha value is -1.40. The summed E-state index contributed by atoms with van der Waals surface area (Å²) >= 11 is 0. The van der Waals surface area contributed by atoms with Gasteiger partial charge in [0, 0.05) is 30.6 Å². The third kappa shape index (κ3) is 4.23. The van der Waals surface area contributed by atoms with Crippen LogP contribution in [0.15, 0.2) is 10.6 Å². The Morgan fingerprint density at radius 2 is 2.20 bits per heavy atom. The fourth-order valence-electron chi connectivity index (χ4n) is 3.62. The van der Waals surface area contributed by atoms with E-state index in [0.29, 0.717) is 18.9 Å². The van der Waals surface area contributed by atoms with E-state index in [4.69, 9.17) is 9.26 Å². The van der Waals surface area contributed by atoms with E-state index in [2.05, 4.69) is 36.6 Å². The number of hydrogen-bond donors (Lipinski definition) is 2. The van der Waals surface area contributed by atoms with Crippen LogP contribution in [-0.4, -0.2) is 42.9 Å². The van der Waals surface area contributed by atoms with Crippen molar-refractivity contribution in [3.8, 4) is 0 Å². The molecule has 2 N–H and O–H groups in total. The van der Waals surface area contributed by atoms with E-state index in [1.54, 1.807) is 0 Å². The Morgan fingerprint density at radius 1 is 1.44 bits per heavy atom. The Bertz CT molecular complexity index is 584. The van der Waals surface area contributed by atoms with Crippen LogP contribution in [0.3, 0.4) is 0 Å². The zero-order valence-electron chi connectivity index (χ0n) is 15.7. The molecule has 0 saturated carbocycles. The van der Waals surface area contributed by atoms with Crippen molar-refractivity contribution in [3.63, 3.8) is 0 Å². The lowest BCUT2D eigenvalue weighted by Crippen LogP contribution is -2.54. The van der Waals surface area contributed by atoms with Gasteiger partial charge in [-0.3, -0.25) is 4.79 Å². The Kier molecular flexibility index (Phi) is 5.49. The molecule has 1 amide bonds. The molecule has 1 aromatic heterocycles. The van der Waals surface area contributed by atoms with E-state index in [-0.39, 0.29) is 11.4 Å². The number of carbonyl (C=O) groups excluding carboxylic acids is 1. The number of nitrogens with zero attached hydrogens (tertiary/aromatic N) is 1. The average molecular weight is 349 g/mol. The highest BCUT2D eigenvalue weighted by Crippen LogP contribution is 2.35. The molecule has 1 atom stereocenters. The molecule has 2 aliphatic heterocycles. The molecule has 0 aliphatic carbocycles. The third-order valence-electron chi connectivity index (χ3n) is 5.82. The molecule has 3 rings (SSSR count). The quantitative estimate of drug-likeness (QED) is 0.825. The average Bonchev–Trinajstić information content (AvgIpc) is 3.26. The van der Waals surface area contributed by atoms with E-state index in [0.717, 1.165) is 56.8 Å². The van der Waals surface area contributed by atoms with Crippen molar-refractivity contribution in [1.82, 2.24) is 15.8 Å². The second kappa shape index (κ2) is 7.46. The van der Waals surface area contributed by atoms with Gasteiger partial charge in [0.15, 0.2) is 0 Å². The van der Waals surface area contributed by atoms with E-state index in [1.165, 1.54) is 0 Å². The van der Waals surface area contributed by atoms with Gasteiger partial charge in [-0.2, -0.15) is 0 Å². The molecule has 0 spiro atoms. The highest BCUT2D eigenvalue weighted by Gasteiger charge is 2.42. The predicted octanol–water partition coefficient (Wildman–Crippen LogP) is 2.40. The monoisotopic (exact) mass is 349 g/mol. The van der Waals surface area contributed by atoms with Gasteiger partial charge in [0.25, 0.3) is 0 Å². The van der Waals surface area contributed by atoms with E-state index in [1.807, 2.05) is 6.07 Å². The van der Waals surface area contributed by atoms with Crippen LogP contribution >= 0.6 is 0 Å². The van der Waals surface area contributed by atoms with Gasteiger partial charge < -0.3 is 19.9 Å². The molecular formula is C19H31N3O3. The second-order valence-corrected chi connectivity index (χ2v) is 8.18. The molecule has 3 heterocycles. The third-order valence-corrected chi connectivity index (χ3v) is 5.82. The molecule has 2 saturated heterocycles.